The van der Waals surface area contributed by atoms with Gasteiger partial charge in [-0.25, -0.2) is 0 Å². The molecule has 4 nitrogen and oxygen atoms in total. The van der Waals surface area contributed by atoms with E-state index >= 15 is 0 Å². The van der Waals surface area contributed by atoms with Crippen molar-refractivity contribution in [3.63, 3.8) is 0 Å². The molecule has 0 saturated carbocycles. The van der Waals surface area contributed by atoms with Gasteiger partial charge in [-0.15, -0.1) is 13.2 Å². The Bertz CT molecular complexity index is 579. The van der Waals surface area contributed by atoms with E-state index in [1.54, 1.807) is 13.1 Å². The van der Waals surface area contributed by atoms with Crippen LogP contribution in [0, 0.1) is 0 Å². The topological polar surface area (TPSA) is 47.3 Å². The van der Waals surface area contributed by atoms with Crippen molar-refractivity contribution in [2.75, 3.05) is 0 Å². The largest absolute Gasteiger partial charge is 0.573 e. The van der Waals surface area contributed by atoms with Crippen LogP contribution >= 0.6 is 0 Å². The van der Waals surface area contributed by atoms with Gasteiger partial charge in [-0.1, -0.05) is 18.2 Å². The van der Waals surface area contributed by atoms with Gasteiger partial charge in [0.15, 0.2) is 0 Å². The molecular weight excluding hydrogens is 261 g/mol. The zero-order valence-corrected chi connectivity index (χ0v) is 9.98. The van der Waals surface area contributed by atoms with Crippen LogP contribution in [0.5, 0.6) is 5.75 Å². The lowest BCUT2D eigenvalue weighted by molar-refractivity contribution is -0.274. The molecule has 2 rings (SSSR count). The molecule has 0 aliphatic carbocycles. The van der Waals surface area contributed by atoms with Crippen molar-refractivity contribution in [2.45, 2.75) is 13.0 Å². The Balaban J connectivity index is 2.50. The smallest absolute Gasteiger partial charge is 0.405 e. The highest BCUT2D eigenvalue weighted by molar-refractivity contribution is 5.71. The van der Waals surface area contributed by atoms with E-state index in [-0.39, 0.29) is 17.9 Å². The quantitative estimate of drug-likeness (QED) is 0.933. The van der Waals surface area contributed by atoms with E-state index in [0.717, 1.165) is 0 Å². The maximum atomic E-state index is 12.3. The van der Waals surface area contributed by atoms with Crippen molar-refractivity contribution in [2.24, 2.45) is 7.05 Å². The molecule has 0 spiro atoms. The predicted octanol–water partition coefficient (Wildman–Crippen LogP) is 2.48. The fraction of sp³-hybridized carbons (Fsp3) is 0.250. The average Bonchev–Trinajstić information content (AvgIpc) is 2.69. The second-order valence-corrected chi connectivity index (χ2v) is 3.83. The molecule has 1 aromatic carbocycles. The van der Waals surface area contributed by atoms with E-state index in [1.807, 2.05) is 0 Å². The molecule has 0 atom stereocenters. The van der Waals surface area contributed by atoms with Crippen molar-refractivity contribution < 1.29 is 23.0 Å². The van der Waals surface area contributed by atoms with Crippen LogP contribution in [-0.2, 0) is 13.7 Å². The number of para-hydroxylation sites is 1. The summed E-state index contributed by atoms with van der Waals surface area (Å²) in [6.45, 7) is -0.327. The summed E-state index contributed by atoms with van der Waals surface area (Å²) < 4.78 is 42.4. The standard InChI is InChI=1S/C12H11F3N2O2/c1-17-10(7-18)9(6-16-17)8-4-2-3-5-11(8)19-12(13,14)15/h2-6,18H,7H2,1H3. The second-order valence-electron chi connectivity index (χ2n) is 3.83. The van der Waals surface area contributed by atoms with E-state index in [2.05, 4.69) is 9.84 Å². The first-order chi connectivity index (χ1) is 8.92. The number of aryl methyl sites for hydroxylation is 1. The third kappa shape index (κ3) is 2.87. The summed E-state index contributed by atoms with van der Waals surface area (Å²) in [4.78, 5) is 0. The summed E-state index contributed by atoms with van der Waals surface area (Å²) in [6, 6.07) is 5.74. The lowest BCUT2D eigenvalue weighted by atomic mass is 10.1. The van der Waals surface area contributed by atoms with Gasteiger partial charge in [0.1, 0.15) is 5.75 Å². The molecule has 0 aliphatic heterocycles. The summed E-state index contributed by atoms with van der Waals surface area (Å²) >= 11 is 0. The van der Waals surface area contributed by atoms with Gasteiger partial charge in [0.05, 0.1) is 18.5 Å². The number of benzene rings is 1. The number of alkyl halides is 3. The first kappa shape index (κ1) is 13.4. The van der Waals surface area contributed by atoms with Crippen LogP contribution in [0.2, 0.25) is 0 Å². The molecule has 0 saturated heterocycles. The van der Waals surface area contributed by atoms with Gasteiger partial charge in [-0.3, -0.25) is 4.68 Å². The average molecular weight is 272 g/mol. The number of nitrogens with zero attached hydrogens (tertiary/aromatic N) is 2. The molecule has 1 N–H and O–H groups in total. The third-order valence-electron chi connectivity index (χ3n) is 2.61. The predicted molar refractivity (Wildman–Crippen MR) is 61.2 cm³/mol. The van der Waals surface area contributed by atoms with E-state index in [9.17, 15) is 18.3 Å². The van der Waals surface area contributed by atoms with Gasteiger partial charge in [0.2, 0.25) is 0 Å². The first-order valence-corrected chi connectivity index (χ1v) is 5.39. The minimum atomic E-state index is -4.77. The van der Waals surface area contributed by atoms with Gasteiger partial charge >= 0.3 is 6.36 Å². The maximum absolute atomic E-state index is 12.3. The zero-order valence-electron chi connectivity index (χ0n) is 9.98. The molecule has 102 valence electrons. The highest BCUT2D eigenvalue weighted by Gasteiger charge is 2.32. The van der Waals surface area contributed by atoms with Crippen molar-refractivity contribution in [3.05, 3.63) is 36.2 Å². The van der Waals surface area contributed by atoms with E-state index in [0.29, 0.717) is 11.3 Å². The summed E-state index contributed by atoms with van der Waals surface area (Å²) in [5.74, 6) is -0.322. The number of aliphatic hydroxyl groups is 1. The number of aromatic nitrogens is 2. The van der Waals surface area contributed by atoms with Crippen molar-refractivity contribution >= 4 is 0 Å². The van der Waals surface area contributed by atoms with Crippen LogP contribution in [-0.4, -0.2) is 21.2 Å². The number of halogens is 3. The van der Waals surface area contributed by atoms with Gasteiger partial charge < -0.3 is 9.84 Å². The van der Waals surface area contributed by atoms with Gasteiger partial charge in [0, 0.05) is 18.2 Å². The lowest BCUT2D eigenvalue weighted by Gasteiger charge is -2.13. The van der Waals surface area contributed by atoms with Crippen LogP contribution < -0.4 is 4.74 Å². The number of aliphatic hydroxyl groups excluding tert-OH is 1. The number of hydrogen-bond donors (Lipinski definition) is 1. The Hall–Kier alpha value is -2.02. The summed E-state index contributed by atoms with van der Waals surface area (Å²) in [5, 5.41) is 13.2. The van der Waals surface area contributed by atoms with Crippen LogP contribution in [0.1, 0.15) is 5.69 Å². The Morgan fingerprint density at radius 3 is 2.58 bits per heavy atom. The zero-order chi connectivity index (χ0) is 14.0. The van der Waals surface area contributed by atoms with Gasteiger partial charge in [0.25, 0.3) is 0 Å². The fourth-order valence-corrected chi connectivity index (χ4v) is 1.78. The summed E-state index contributed by atoms with van der Waals surface area (Å²) in [7, 11) is 1.60. The SMILES string of the molecule is Cn1ncc(-c2ccccc2OC(F)(F)F)c1CO. The van der Waals surface area contributed by atoms with E-state index < -0.39 is 6.36 Å². The molecule has 0 bridgehead atoms. The van der Waals surface area contributed by atoms with Crippen molar-refractivity contribution in [1.29, 1.82) is 0 Å². The van der Waals surface area contributed by atoms with Crippen LogP contribution in [0.3, 0.4) is 0 Å². The minimum absolute atomic E-state index is 0.233. The molecule has 0 radical (unpaired) electrons. The molecule has 2 aromatic rings. The molecule has 1 aromatic heterocycles. The normalized spacial score (nSPS) is 11.6. The lowest BCUT2D eigenvalue weighted by Crippen LogP contribution is -2.17. The monoisotopic (exact) mass is 272 g/mol. The molecule has 0 fully saturated rings. The summed E-state index contributed by atoms with van der Waals surface area (Å²) in [6.07, 6.45) is -3.37. The molecule has 0 unspecified atom stereocenters. The van der Waals surface area contributed by atoms with Crippen LogP contribution in [0.15, 0.2) is 30.5 Å². The van der Waals surface area contributed by atoms with Crippen LogP contribution in [0.4, 0.5) is 13.2 Å². The molecule has 19 heavy (non-hydrogen) atoms. The Kier molecular flexibility index (Phi) is 3.48. The van der Waals surface area contributed by atoms with E-state index in [4.69, 9.17) is 0 Å². The first-order valence-electron chi connectivity index (χ1n) is 5.39. The number of rotatable bonds is 3. The highest BCUT2D eigenvalue weighted by Crippen LogP contribution is 2.35. The molecule has 7 heteroatoms. The molecular formula is C12H11F3N2O2. The van der Waals surface area contributed by atoms with Crippen LogP contribution in [0.25, 0.3) is 11.1 Å². The second kappa shape index (κ2) is 4.93. The Labute approximate surface area is 107 Å². The van der Waals surface area contributed by atoms with Gasteiger partial charge in [-0.05, 0) is 6.07 Å². The number of ether oxygens (including phenoxy) is 1. The minimum Gasteiger partial charge on any atom is -0.405 e. The Morgan fingerprint density at radius 2 is 1.95 bits per heavy atom. The van der Waals surface area contributed by atoms with Gasteiger partial charge in [-0.2, -0.15) is 5.10 Å². The van der Waals surface area contributed by atoms with Crippen molar-refractivity contribution in [3.8, 4) is 16.9 Å². The maximum Gasteiger partial charge on any atom is 0.573 e. The molecule has 0 aliphatic rings. The number of hydrogen-bond acceptors (Lipinski definition) is 3. The molecule has 0 amide bonds. The third-order valence-corrected chi connectivity index (χ3v) is 2.61. The fourth-order valence-electron chi connectivity index (χ4n) is 1.78. The van der Waals surface area contributed by atoms with Crippen molar-refractivity contribution in [1.82, 2.24) is 9.78 Å². The van der Waals surface area contributed by atoms with E-state index in [1.165, 1.54) is 29.1 Å². The Morgan fingerprint density at radius 1 is 1.26 bits per heavy atom. The highest BCUT2D eigenvalue weighted by atomic mass is 19.4. The molecule has 1 heterocycles. The summed E-state index contributed by atoms with van der Waals surface area (Å²) in [5.41, 5.74) is 1.06.